The fourth-order valence-corrected chi connectivity index (χ4v) is 4.32. The fraction of sp³-hybridized carbons (Fsp3) is 0.435. The number of hydrogen-bond donors (Lipinski definition) is 0. The van der Waals surface area contributed by atoms with Crippen molar-refractivity contribution in [2.45, 2.75) is 37.1 Å². The Morgan fingerprint density at radius 1 is 1.00 bits per heavy atom. The normalized spacial score (nSPS) is 19.1. The van der Waals surface area contributed by atoms with E-state index in [0.29, 0.717) is 0 Å². The Balaban J connectivity index is 0.00000210. The van der Waals surface area contributed by atoms with Gasteiger partial charge in [0.1, 0.15) is 0 Å². The van der Waals surface area contributed by atoms with E-state index in [9.17, 15) is 4.79 Å². The number of carbonyl (C=O) groups is 1. The van der Waals surface area contributed by atoms with Crippen LogP contribution in [0.25, 0.3) is 0 Å². The van der Waals surface area contributed by atoms with Gasteiger partial charge in [-0.15, -0.1) is 12.4 Å². The summed E-state index contributed by atoms with van der Waals surface area (Å²) in [4.78, 5) is 18.0. The minimum atomic E-state index is -0.298. The van der Waals surface area contributed by atoms with Gasteiger partial charge in [-0.2, -0.15) is 0 Å². The van der Waals surface area contributed by atoms with Crippen LogP contribution in [0.15, 0.2) is 60.7 Å². The lowest BCUT2D eigenvalue weighted by atomic mass is 9.93. The lowest BCUT2D eigenvalue weighted by Gasteiger charge is -2.34. The van der Waals surface area contributed by atoms with Gasteiger partial charge in [0, 0.05) is 13.6 Å². The quantitative estimate of drug-likeness (QED) is 0.735. The summed E-state index contributed by atoms with van der Waals surface area (Å²) in [5.74, 6) is 0.275. The zero-order valence-electron chi connectivity index (χ0n) is 16.0. The maximum atomic E-state index is 13.5. The van der Waals surface area contributed by atoms with Crippen LogP contribution >= 0.6 is 12.4 Å². The highest BCUT2D eigenvalue weighted by atomic mass is 35.5. The molecule has 0 spiro atoms. The van der Waals surface area contributed by atoms with Crippen molar-refractivity contribution >= 4 is 18.3 Å². The molecule has 1 saturated carbocycles. The molecule has 0 unspecified atom stereocenters. The number of likely N-dealkylation sites (N-methyl/N-ethyl adjacent to an activating group) is 1. The van der Waals surface area contributed by atoms with Gasteiger partial charge in [-0.1, -0.05) is 60.7 Å². The molecule has 2 fully saturated rings. The first-order valence-corrected chi connectivity index (χ1v) is 9.81. The minimum absolute atomic E-state index is 0. The molecular weight excluding hydrogens is 356 g/mol. The van der Waals surface area contributed by atoms with E-state index < -0.39 is 0 Å². The first-order chi connectivity index (χ1) is 12.7. The number of rotatable bonds is 6. The maximum absolute atomic E-state index is 13.5. The summed E-state index contributed by atoms with van der Waals surface area (Å²) < 4.78 is 0. The molecule has 4 heteroatoms. The van der Waals surface area contributed by atoms with E-state index in [1.165, 1.54) is 24.0 Å². The molecule has 1 atom stereocenters. The van der Waals surface area contributed by atoms with Crippen LogP contribution in [0.1, 0.15) is 42.9 Å². The SMILES string of the molecule is CN(C(=O)C1(c2ccccc2)CC1)[C@H](CN1CCCC1)c1ccccc1.Cl. The molecule has 1 aliphatic heterocycles. The zero-order valence-corrected chi connectivity index (χ0v) is 16.8. The third-order valence-electron chi connectivity index (χ3n) is 6.09. The Hall–Kier alpha value is -1.84. The highest BCUT2D eigenvalue weighted by Gasteiger charge is 2.53. The van der Waals surface area contributed by atoms with Crippen LogP contribution in [0.2, 0.25) is 0 Å². The molecule has 0 radical (unpaired) electrons. The molecule has 0 N–H and O–H groups in total. The van der Waals surface area contributed by atoms with Crippen molar-refractivity contribution in [3.8, 4) is 0 Å². The van der Waals surface area contributed by atoms with Crippen LogP contribution in [0.4, 0.5) is 0 Å². The largest absolute Gasteiger partial charge is 0.337 e. The van der Waals surface area contributed by atoms with E-state index in [0.717, 1.165) is 32.5 Å². The van der Waals surface area contributed by atoms with Gasteiger partial charge in [0.05, 0.1) is 11.5 Å². The predicted octanol–water partition coefficient (Wildman–Crippen LogP) is 4.44. The Bertz CT molecular complexity index is 739. The smallest absolute Gasteiger partial charge is 0.233 e. The lowest BCUT2D eigenvalue weighted by Crippen LogP contribution is -2.43. The van der Waals surface area contributed by atoms with Crippen LogP contribution in [-0.4, -0.2) is 42.4 Å². The predicted molar refractivity (Wildman–Crippen MR) is 112 cm³/mol. The summed E-state index contributed by atoms with van der Waals surface area (Å²) in [5.41, 5.74) is 2.11. The second kappa shape index (κ2) is 8.45. The minimum Gasteiger partial charge on any atom is -0.337 e. The average molecular weight is 385 g/mol. The second-order valence-electron chi connectivity index (χ2n) is 7.80. The summed E-state index contributed by atoms with van der Waals surface area (Å²) in [5, 5.41) is 0. The number of carbonyl (C=O) groups excluding carboxylic acids is 1. The molecule has 2 aromatic carbocycles. The molecule has 0 bridgehead atoms. The highest BCUT2D eigenvalue weighted by Crippen LogP contribution is 2.50. The van der Waals surface area contributed by atoms with Gasteiger partial charge in [0.15, 0.2) is 0 Å². The van der Waals surface area contributed by atoms with Crippen LogP contribution in [-0.2, 0) is 10.2 Å². The van der Waals surface area contributed by atoms with E-state index in [2.05, 4.69) is 41.3 Å². The van der Waals surface area contributed by atoms with Crippen molar-refractivity contribution in [3.05, 3.63) is 71.8 Å². The standard InChI is InChI=1S/C23H28N2O.ClH/c1-24(22(26)23(14-15-23)20-12-6-3-7-13-20)21(18-25-16-8-9-17-25)19-10-4-2-5-11-19;/h2-7,10-13,21H,8-9,14-18H2,1H3;1H/t21-;/m1./s1. The molecular formula is C23H29ClN2O. The average Bonchev–Trinajstić information content (AvgIpc) is 3.35. The summed E-state index contributed by atoms with van der Waals surface area (Å²) in [6, 6.07) is 21.0. The lowest BCUT2D eigenvalue weighted by molar-refractivity contribution is -0.135. The molecule has 1 amide bonds. The van der Waals surface area contributed by atoms with Gasteiger partial charge in [-0.05, 0) is 49.9 Å². The first kappa shape index (κ1) is 19.9. The van der Waals surface area contributed by atoms with Crippen LogP contribution in [0.3, 0.4) is 0 Å². The number of likely N-dealkylation sites (tertiary alicyclic amines) is 1. The van der Waals surface area contributed by atoms with Crippen molar-refractivity contribution in [2.75, 3.05) is 26.7 Å². The first-order valence-electron chi connectivity index (χ1n) is 9.81. The van der Waals surface area contributed by atoms with E-state index in [1.54, 1.807) is 0 Å². The number of nitrogens with zero attached hydrogens (tertiary/aromatic N) is 2. The zero-order chi connectivity index (χ0) is 18.0. The molecule has 144 valence electrons. The molecule has 1 aliphatic carbocycles. The molecule has 1 saturated heterocycles. The van der Waals surface area contributed by atoms with Crippen LogP contribution in [0, 0.1) is 0 Å². The Labute approximate surface area is 168 Å². The molecule has 4 rings (SSSR count). The van der Waals surface area contributed by atoms with E-state index in [-0.39, 0.29) is 29.8 Å². The number of hydrogen-bond acceptors (Lipinski definition) is 2. The van der Waals surface area contributed by atoms with Gasteiger partial charge >= 0.3 is 0 Å². The van der Waals surface area contributed by atoms with E-state index in [4.69, 9.17) is 0 Å². The van der Waals surface area contributed by atoms with Crippen LogP contribution < -0.4 is 0 Å². The molecule has 3 nitrogen and oxygen atoms in total. The maximum Gasteiger partial charge on any atom is 0.233 e. The Morgan fingerprint density at radius 2 is 1.56 bits per heavy atom. The number of benzene rings is 2. The number of halogens is 1. The van der Waals surface area contributed by atoms with Crippen molar-refractivity contribution in [2.24, 2.45) is 0 Å². The van der Waals surface area contributed by atoms with Crippen molar-refractivity contribution < 1.29 is 4.79 Å². The molecule has 27 heavy (non-hydrogen) atoms. The van der Waals surface area contributed by atoms with Gasteiger partial charge in [-0.3, -0.25) is 4.79 Å². The Kier molecular flexibility index (Phi) is 6.23. The molecule has 2 aromatic rings. The summed E-state index contributed by atoms with van der Waals surface area (Å²) >= 11 is 0. The van der Waals surface area contributed by atoms with E-state index in [1.807, 2.05) is 36.2 Å². The molecule has 0 aromatic heterocycles. The van der Waals surface area contributed by atoms with Crippen LogP contribution in [0.5, 0.6) is 0 Å². The monoisotopic (exact) mass is 384 g/mol. The third kappa shape index (κ3) is 4.04. The highest BCUT2D eigenvalue weighted by molar-refractivity contribution is 5.91. The van der Waals surface area contributed by atoms with Crippen molar-refractivity contribution in [3.63, 3.8) is 0 Å². The van der Waals surface area contributed by atoms with Gasteiger partial charge < -0.3 is 9.80 Å². The second-order valence-corrected chi connectivity index (χ2v) is 7.80. The van der Waals surface area contributed by atoms with Crippen molar-refractivity contribution in [1.82, 2.24) is 9.80 Å². The Morgan fingerprint density at radius 3 is 2.11 bits per heavy atom. The third-order valence-corrected chi connectivity index (χ3v) is 6.09. The number of amides is 1. The van der Waals surface area contributed by atoms with Crippen molar-refractivity contribution in [1.29, 1.82) is 0 Å². The van der Waals surface area contributed by atoms with E-state index >= 15 is 0 Å². The summed E-state index contributed by atoms with van der Waals surface area (Å²) in [6.07, 6.45) is 4.47. The summed E-state index contributed by atoms with van der Waals surface area (Å²) in [7, 11) is 2.00. The van der Waals surface area contributed by atoms with Gasteiger partial charge in [-0.25, -0.2) is 0 Å². The molecule has 2 aliphatic rings. The van der Waals surface area contributed by atoms with Gasteiger partial charge in [0.2, 0.25) is 5.91 Å². The molecule has 1 heterocycles. The summed E-state index contributed by atoms with van der Waals surface area (Å²) in [6.45, 7) is 3.22. The topological polar surface area (TPSA) is 23.6 Å². The van der Waals surface area contributed by atoms with Gasteiger partial charge in [0.25, 0.3) is 0 Å². The fourth-order valence-electron chi connectivity index (χ4n) is 4.32.